The highest BCUT2D eigenvalue weighted by molar-refractivity contribution is 7.71. The summed E-state index contributed by atoms with van der Waals surface area (Å²) in [6, 6.07) is 8.20. The van der Waals surface area contributed by atoms with Crippen LogP contribution in [0.15, 0.2) is 24.3 Å². The number of methoxy groups -OCH3 is 1. The summed E-state index contributed by atoms with van der Waals surface area (Å²) in [6.07, 6.45) is 0.633. The van der Waals surface area contributed by atoms with Gasteiger partial charge >= 0.3 is 5.97 Å². The van der Waals surface area contributed by atoms with Crippen molar-refractivity contribution in [3.8, 4) is 0 Å². The number of rotatable bonds is 3. The van der Waals surface area contributed by atoms with Gasteiger partial charge in [0.2, 0.25) is 0 Å². The summed E-state index contributed by atoms with van der Waals surface area (Å²) in [6.45, 7) is 2.04. The van der Waals surface area contributed by atoms with E-state index >= 15 is 0 Å². The van der Waals surface area contributed by atoms with Crippen LogP contribution >= 0.6 is 12.2 Å². The van der Waals surface area contributed by atoms with Crippen molar-refractivity contribution >= 4 is 18.2 Å². The molecule has 1 aromatic heterocycles. The Morgan fingerprint density at radius 2 is 2.00 bits per heavy atom. The summed E-state index contributed by atoms with van der Waals surface area (Å²) in [5, 5.41) is 0. The number of nitrogens with zero attached hydrogens (tertiary/aromatic N) is 1. The number of benzene rings is 1. The summed E-state index contributed by atoms with van der Waals surface area (Å²) < 4.78 is 7.10. The summed E-state index contributed by atoms with van der Waals surface area (Å²) >= 11 is 5.17. The normalized spacial score (nSPS) is 10.5. The van der Waals surface area contributed by atoms with E-state index in [1.54, 1.807) is 4.57 Å². The van der Waals surface area contributed by atoms with Crippen LogP contribution in [-0.2, 0) is 18.2 Å². The minimum atomic E-state index is -0.395. The molecule has 0 amide bonds. The molecule has 4 nitrogen and oxygen atoms in total. The van der Waals surface area contributed by atoms with Crippen molar-refractivity contribution < 1.29 is 9.53 Å². The summed E-state index contributed by atoms with van der Waals surface area (Å²) in [5.41, 5.74) is 3.59. The number of imidazole rings is 1. The maximum atomic E-state index is 11.7. The highest BCUT2D eigenvalue weighted by Gasteiger charge is 2.17. The fourth-order valence-electron chi connectivity index (χ4n) is 1.93. The van der Waals surface area contributed by atoms with E-state index in [0.717, 1.165) is 11.3 Å². The molecular weight excluding hydrogens is 260 g/mol. The van der Waals surface area contributed by atoms with Crippen LogP contribution in [0.4, 0.5) is 0 Å². The highest BCUT2D eigenvalue weighted by Crippen LogP contribution is 2.15. The van der Waals surface area contributed by atoms with Gasteiger partial charge in [0.25, 0.3) is 0 Å². The van der Waals surface area contributed by atoms with Crippen molar-refractivity contribution in [2.75, 3.05) is 7.11 Å². The summed E-state index contributed by atoms with van der Waals surface area (Å²) in [7, 11) is 3.21. The number of carbonyl (C=O) groups is 1. The molecule has 0 spiro atoms. The smallest absolute Gasteiger partial charge is 0.356 e. The molecule has 0 fully saturated rings. The third kappa shape index (κ3) is 2.76. The van der Waals surface area contributed by atoms with Gasteiger partial charge in [-0.2, -0.15) is 0 Å². The second kappa shape index (κ2) is 5.40. The van der Waals surface area contributed by atoms with Gasteiger partial charge in [-0.25, -0.2) is 4.79 Å². The average Bonchev–Trinajstić information content (AvgIpc) is 2.68. The number of aryl methyl sites for hydroxylation is 1. The summed E-state index contributed by atoms with van der Waals surface area (Å²) in [4.78, 5) is 14.6. The molecule has 0 saturated heterocycles. The van der Waals surface area contributed by atoms with E-state index in [2.05, 4.69) is 17.1 Å². The Morgan fingerprint density at radius 3 is 2.58 bits per heavy atom. The molecule has 0 radical (unpaired) electrons. The molecule has 1 N–H and O–H groups in total. The minimum absolute atomic E-state index is 0.395. The largest absolute Gasteiger partial charge is 0.464 e. The molecule has 0 atom stereocenters. The van der Waals surface area contributed by atoms with Crippen LogP contribution in [0.25, 0.3) is 0 Å². The van der Waals surface area contributed by atoms with Crippen molar-refractivity contribution in [1.82, 2.24) is 9.55 Å². The number of carbonyl (C=O) groups excluding carboxylic acids is 1. The first-order valence-corrected chi connectivity index (χ1v) is 6.35. The molecule has 0 aliphatic heterocycles. The first-order valence-electron chi connectivity index (χ1n) is 5.94. The van der Waals surface area contributed by atoms with Crippen LogP contribution in [-0.4, -0.2) is 22.6 Å². The van der Waals surface area contributed by atoms with Crippen molar-refractivity contribution in [2.24, 2.45) is 7.05 Å². The van der Waals surface area contributed by atoms with Crippen LogP contribution < -0.4 is 0 Å². The molecule has 0 aliphatic rings. The number of aromatic nitrogens is 2. The van der Waals surface area contributed by atoms with E-state index < -0.39 is 5.97 Å². The number of ether oxygens (including phenoxy) is 1. The van der Waals surface area contributed by atoms with E-state index in [1.807, 2.05) is 26.1 Å². The predicted octanol–water partition coefficient (Wildman–Crippen LogP) is 2.77. The Kier molecular flexibility index (Phi) is 3.85. The third-order valence-electron chi connectivity index (χ3n) is 3.11. The number of H-pyrrole nitrogens is 1. The molecule has 5 heteroatoms. The lowest BCUT2D eigenvalue weighted by molar-refractivity contribution is 0.0593. The van der Waals surface area contributed by atoms with Gasteiger partial charge in [-0.15, -0.1) is 0 Å². The fourth-order valence-corrected chi connectivity index (χ4v) is 2.14. The second-order valence-corrected chi connectivity index (χ2v) is 4.85. The number of nitrogens with one attached hydrogen (secondary N) is 1. The van der Waals surface area contributed by atoms with Gasteiger partial charge in [-0.1, -0.05) is 29.8 Å². The van der Waals surface area contributed by atoms with E-state index in [4.69, 9.17) is 17.0 Å². The molecule has 0 saturated carbocycles. The van der Waals surface area contributed by atoms with Gasteiger partial charge < -0.3 is 14.3 Å². The van der Waals surface area contributed by atoms with Gasteiger partial charge in [0, 0.05) is 13.5 Å². The fraction of sp³-hybridized carbons (Fsp3) is 0.286. The van der Waals surface area contributed by atoms with Crippen LogP contribution in [0, 0.1) is 11.7 Å². The molecular formula is C14H16N2O2S. The van der Waals surface area contributed by atoms with E-state index in [-0.39, 0.29) is 0 Å². The van der Waals surface area contributed by atoms with E-state index in [1.165, 1.54) is 12.7 Å². The van der Waals surface area contributed by atoms with Crippen LogP contribution in [0.5, 0.6) is 0 Å². The molecule has 1 aromatic carbocycles. The Balaban J connectivity index is 2.41. The monoisotopic (exact) mass is 276 g/mol. The second-order valence-electron chi connectivity index (χ2n) is 4.46. The molecule has 0 aliphatic carbocycles. The van der Waals surface area contributed by atoms with Gasteiger partial charge in [-0.3, -0.25) is 0 Å². The van der Waals surface area contributed by atoms with Gasteiger partial charge in [0.05, 0.1) is 12.8 Å². The molecule has 0 unspecified atom stereocenters. The lowest BCUT2D eigenvalue weighted by Gasteiger charge is -2.06. The molecule has 2 rings (SSSR count). The lowest BCUT2D eigenvalue weighted by Crippen LogP contribution is -2.08. The quantitative estimate of drug-likeness (QED) is 0.692. The lowest BCUT2D eigenvalue weighted by atomic mass is 10.1. The predicted molar refractivity (Wildman–Crippen MR) is 75.9 cm³/mol. The molecule has 19 heavy (non-hydrogen) atoms. The number of hydrogen-bond acceptors (Lipinski definition) is 3. The van der Waals surface area contributed by atoms with E-state index in [0.29, 0.717) is 16.9 Å². The zero-order valence-electron chi connectivity index (χ0n) is 11.2. The molecule has 0 bridgehead atoms. The topological polar surface area (TPSA) is 47.0 Å². The SMILES string of the molecule is COC(=O)c1[nH]c(=S)n(C)c1Cc1ccc(C)cc1. The highest BCUT2D eigenvalue weighted by atomic mass is 32.1. The van der Waals surface area contributed by atoms with Gasteiger partial charge in [0.15, 0.2) is 4.77 Å². The van der Waals surface area contributed by atoms with Crippen LogP contribution in [0.2, 0.25) is 0 Å². The van der Waals surface area contributed by atoms with Crippen molar-refractivity contribution in [3.63, 3.8) is 0 Å². The Bertz CT molecular complexity index is 653. The minimum Gasteiger partial charge on any atom is -0.464 e. The Hall–Kier alpha value is -1.88. The Labute approximate surface area is 117 Å². The standard InChI is InChI=1S/C14H16N2O2S/c1-9-4-6-10(7-5-9)8-11-12(13(17)18-3)15-14(19)16(11)2/h4-7H,8H2,1-3H3,(H,15,19). The van der Waals surface area contributed by atoms with Gasteiger partial charge in [-0.05, 0) is 24.7 Å². The van der Waals surface area contributed by atoms with Crippen LogP contribution in [0.1, 0.15) is 27.3 Å². The van der Waals surface area contributed by atoms with E-state index in [9.17, 15) is 4.79 Å². The molecule has 100 valence electrons. The zero-order chi connectivity index (χ0) is 14.0. The van der Waals surface area contributed by atoms with Crippen molar-refractivity contribution in [3.05, 3.63) is 51.6 Å². The number of aromatic amines is 1. The number of esters is 1. The third-order valence-corrected chi connectivity index (χ3v) is 3.49. The van der Waals surface area contributed by atoms with Gasteiger partial charge in [0.1, 0.15) is 5.69 Å². The van der Waals surface area contributed by atoms with Crippen molar-refractivity contribution in [1.29, 1.82) is 0 Å². The van der Waals surface area contributed by atoms with Crippen molar-refractivity contribution in [2.45, 2.75) is 13.3 Å². The first-order chi connectivity index (χ1) is 9.02. The first kappa shape index (κ1) is 13.5. The maximum Gasteiger partial charge on any atom is 0.356 e. The summed E-state index contributed by atoms with van der Waals surface area (Å²) in [5.74, 6) is -0.395. The Morgan fingerprint density at radius 1 is 1.37 bits per heavy atom. The van der Waals surface area contributed by atoms with Crippen LogP contribution in [0.3, 0.4) is 0 Å². The average molecular weight is 276 g/mol. The molecule has 2 aromatic rings. The zero-order valence-corrected chi connectivity index (χ0v) is 12.0. The maximum absolute atomic E-state index is 11.7. The number of hydrogen-bond donors (Lipinski definition) is 1. The molecule has 1 heterocycles.